The van der Waals surface area contributed by atoms with Crippen molar-refractivity contribution in [2.45, 2.75) is 19.4 Å². The fraction of sp³-hybridized carbons (Fsp3) is 0.348. The minimum atomic E-state index is -0.236. The Balaban J connectivity index is 1.51. The first kappa shape index (κ1) is 21.7. The highest BCUT2D eigenvalue weighted by Crippen LogP contribution is 2.38. The number of hydrogen-bond acceptors (Lipinski definition) is 7. The number of benzene rings is 1. The molecule has 0 unspecified atom stereocenters. The summed E-state index contributed by atoms with van der Waals surface area (Å²) in [5.41, 5.74) is 5.81. The molecule has 0 aliphatic carbocycles. The van der Waals surface area contributed by atoms with Gasteiger partial charge in [-0.05, 0) is 43.0 Å². The first-order valence-electron chi connectivity index (χ1n) is 10.9. The van der Waals surface area contributed by atoms with E-state index < -0.39 is 0 Å². The van der Waals surface area contributed by atoms with Crippen LogP contribution in [-0.4, -0.2) is 53.8 Å². The van der Waals surface area contributed by atoms with Gasteiger partial charge in [0, 0.05) is 49.3 Å². The van der Waals surface area contributed by atoms with Gasteiger partial charge in [0.1, 0.15) is 5.75 Å². The molecule has 5 rings (SSSR count). The summed E-state index contributed by atoms with van der Waals surface area (Å²) >= 11 is 6.34. The maximum absolute atomic E-state index is 13.2. The second-order valence-electron chi connectivity index (χ2n) is 8.07. The highest BCUT2D eigenvalue weighted by Gasteiger charge is 2.28. The maximum Gasteiger partial charge on any atom is 0.256 e. The first-order valence-corrected chi connectivity index (χ1v) is 11.3. The first-order chi connectivity index (χ1) is 16.1. The highest BCUT2D eigenvalue weighted by atomic mass is 35.5. The number of carbonyl (C=O) groups is 1. The number of hydrogen-bond donors (Lipinski definition) is 2. The number of aliphatic imine (C=N–C) groups is 1. The van der Waals surface area contributed by atoms with E-state index in [9.17, 15) is 4.79 Å². The molecule has 1 aromatic heterocycles. The molecule has 1 fully saturated rings. The number of allylic oxidation sites excluding steroid dienone is 1. The fourth-order valence-electron chi connectivity index (χ4n) is 4.28. The molecule has 4 heterocycles. The summed E-state index contributed by atoms with van der Waals surface area (Å²) in [6, 6.07) is 5.44. The van der Waals surface area contributed by atoms with E-state index in [0.717, 1.165) is 37.3 Å². The molecule has 2 N–H and O–H groups in total. The van der Waals surface area contributed by atoms with Gasteiger partial charge in [0.05, 0.1) is 30.3 Å². The molecule has 33 heavy (non-hydrogen) atoms. The van der Waals surface area contributed by atoms with Crippen molar-refractivity contribution < 1.29 is 14.3 Å². The fourth-order valence-corrected chi connectivity index (χ4v) is 4.46. The van der Waals surface area contributed by atoms with Gasteiger partial charge in [-0.1, -0.05) is 11.6 Å². The molecule has 0 atom stereocenters. The Morgan fingerprint density at radius 1 is 1.36 bits per heavy atom. The van der Waals surface area contributed by atoms with Crippen LogP contribution in [0.1, 0.15) is 12.8 Å². The molecule has 0 spiro atoms. The van der Waals surface area contributed by atoms with E-state index in [2.05, 4.69) is 20.8 Å². The minimum Gasteiger partial charge on any atom is -0.496 e. The lowest BCUT2D eigenvalue weighted by atomic mass is 10.00. The molecule has 9 nitrogen and oxygen atoms in total. The maximum atomic E-state index is 13.2. The van der Waals surface area contributed by atoms with Crippen LogP contribution in [0.2, 0.25) is 5.02 Å². The van der Waals surface area contributed by atoms with Crippen molar-refractivity contribution in [3.05, 3.63) is 53.1 Å². The summed E-state index contributed by atoms with van der Waals surface area (Å²) in [5.74, 6) is 1.44. The van der Waals surface area contributed by atoms with Crippen LogP contribution in [-0.2, 0) is 16.1 Å². The number of hydrazine groups is 1. The quantitative estimate of drug-likeness (QED) is 0.676. The van der Waals surface area contributed by atoms with E-state index >= 15 is 0 Å². The number of fused-ring (bicyclic) bond motifs is 1. The van der Waals surface area contributed by atoms with Crippen molar-refractivity contribution in [2.75, 3.05) is 32.2 Å². The third-order valence-electron chi connectivity index (χ3n) is 5.99. The zero-order valence-electron chi connectivity index (χ0n) is 18.3. The van der Waals surface area contributed by atoms with Crippen LogP contribution < -0.4 is 15.5 Å². The molecule has 3 aliphatic heterocycles. The molecule has 172 valence electrons. The molecule has 0 bridgehead atoms. The Morgan fingerprint density at radius 2 is 2.21 bits per heavy atom. The number of anilines is 1. The van der Waals surface area contributed by atoms with Gasteiger partial charge in [-0.25, -0.2) is 10.4 Å². The molecule has 1 aromatic carbocycles. The Labute approximate surface area is 196 Å². The standard InChI is InChI=1S/C23H25ClN6O3/c1-32-20-4-3-16(24)11-17(20)21-19(13-27-30(21)14-15-5-9-33-10-6-15)28-23(31)18-12-26-29-8-2-7-25-22(18)29/h2-4,7-8,11,13,15,26H,5-6,9-10,12,14H2,1H3,(H,28,31). The molecular weight excluding hydrogens is 444 g/mol. The Bertz CT molecular complexity index is 1150. The number of nitrogens with one attached hydrogen (secondary N) is 2. The molecule has 0 saturated carbocycles. The van der Waals surface area contributed by atoms with Gasteiger partial charge in [0.25, 0.3) is 5.91 Å². The largest absolute Gasteiger partial charge is 0.496 e. The zero-order chi connectivity index (χ0) is 22.8. The number of halogens is 1. The van der Waals surface area contributed by atoms with Crippen LogP contribution in [0.15, 0.2) is 53.1 Å². The van der Waals surface area contributed by atoms with E-state index in [-0.39, 0.29) is 5.91 Å². The van der Waals surface area contributed by atoms with Crippen molar-refractivity contribution >= 4 is 29.4 Å². The average molecular weight is 469 g/mol. The van der Waals surface area contributed by atoms with Crippen molar-refractivity contribution in [3.63, 3.8) is 0 Å². The van der Waals surface area contributed by atoms with E-state index in [0.29, 0.717) is 46.9 Å². The summed E-state index contributed by atoms with van der Waals surface area (Å²) in [4.78, 5) is 17.6. The molecule has 1 amide bonds. The summed E-state index contributed by atoms with van der Waals surface area (Å²) in [7, 11) is 1.62. The average Bonchev–Trinajstić information content (AvgIpc) is 3.44. The van der Waals surface area contributed by atoms with E-state index in [1.54, 1.807) is 36.7 Å². The minimum absolute atomic E-state index is 0.236. The van der Waals surface area contributed by atoms with Crippen LogP contribution in [0.4, 0.5) is 5.69 Å². The third-order valence-corrected chi connectivity index (χ3v) is 6.23. The van der Waals surface area contributed by atoms with Crippen LogP contribution in [0, 0.1) is 5.92 Å². The number of amides is 1. The summed E-state index contributed by atoms with van der Waals surface area (Å²) in [6.07, 6.45) is 8.93. The van der Waals surface area contributed by atoms with E-state index in [1.165, 1.54) is 0 Å². The topological polar surface area (TPSA) is 93.0 Å². The predicted octanol–water partition coefficient (Wildman–Crippen LogP) is 3.21. The molecule has 2 aromatic rings. The van der Waals surface area contributed by atoms with Crippen LogP contribution in [0.5, 0.6) is 5.75 Å². The number of carbonyl (C=O) groups excluding carboxylic acids is 1. The second-order valence-corrected chi connectivity index (χ2v) is 8.51. The SMILES string of the molecule is COc1ccc(Cl)cc1-c1c(NC(=O)C2=C3N=CC=CN3NC2)cnn1CC1CCOCC1. The van der Waals surface area contributed by atoms with Gasteiger partial charge in [-0.15, -0.1) is 0 Å². The number of methoxy groups -OCH3 is 1. The van der Waals surface area contributed by atoms with Gasteiger partial charge in [0.2, 0.25) is 0 Å². The van der Waals surface area contributed by atoms with Crippen molar-refractivity contribution in [1.82, 2.24) is 20.2 Å². The second kappa shape index (κ2) is 9.38. The van der Waals surface area contributed by atoms with Gasteiger partial charge in [-0.2, -0.15) is 5.10 Å². The Kier molecular flexibility index (Phi) is 6.17. The predicted molar refractivity (Wildman–Crippen MR) is 126 cm³/mol. The Morgan fingerprint density at radius 3 is 3.03 bits per heavy atom. The molecule has 0 radical (unpaired) electrons. The summed E-state index contributed by atoms with van der Waals surface area (Å²) in [6.45, 7) is 2.60. The van der Waals surface area contributed by atoms with Gasteiger partial charge in [-0.3, -0.25) is 14.5 Å². The smallest absolute Gasteiger partial charge is 0.256 e. The summed E-state index contributed by atoms with van der Waals surface area (Å²) < 4.78 is 13.1. The molecular formula is C23H25ClN6O3. The lowest BCUT2D eigenvalue weighted by Gasteiger charge is -2.23. The van der Waals surface area contributed by atoms with Crippen molar-refractivity contribution in [1.29, 1.82) is 0 Å². The molecule has 10 heteroatoms. The van der Waals surface area contributed by atoms with Crippen molar-refractivity contribution in [2.24, 2.45) is 10.9 Å². The summed E-state index contributed by atoms with van der Waals surface area (Å²) in [5, 5.41) is 9.99. The van der Waals surface area contributed by atoms with Crippen LogP contribution in [0.3, 0.4) is 0 Å². The van der Waals surface area contributed by atoms with Crippen LogP contribution in [0.25, 0.3) is 11.3 Å². The van der Waals surface area contributed by atoms with Crippen LogP contribution >= 0.6 is 11.6 Å². The number of rotatable bonds is 6. The van der Waals surface area contributed by atoms with Gasteiger partial charge < -0.3 is 14.8 Å². The molecule has 1 saturated heterocycles. The lowest BCUT2D eigenvalue weighted by molar-refractivity contribution is -0.112. The van der Waals surface area contributed by atoms with E-state index in [1.807, 2.05) is 23.0 Å². The number of nitrogens with zero attached hydrogens (tertiary/aromatic N) is 4. The monoisotopic (exact) mass is 468 g/mol. The number of ether oxygens (including phenoxy) is 2. The van der Waals surface area contributed by atoms with Crippen molar-refractivity contribution in [3.8, 4) is 17.0 Å². The number of aromatic nitrogens is 2. The van der Waals surface area contributed by atoms with Gasteiger partial charge in [0.15, 0.2) is 5.82 Å². The normalized spacial score (nSPS) is 18.1. The lowest BCUT2D eigenvalue weighted by Crippen LogP contribution is -2.27. The molecule has 3 aliphatic rings. The van der Waals surface area contributed by atoms with Gasteiger partial charge >= 0.3 is 0 Å². The highest BCUT2D eigenvalue weighted by molar-refractivity contribution is 6.31. The van der Waals surface area contributed by atoms with E-state index in [4.69, 9.17) is 21.1 Å². The Hall–Kier alpha value is -3.14. The third kappa shape index (κ3) is 4.39. The zero-order valence-corrected chi connectivity index (χ0v) is 19.0.